The first-order chi connectivity index (χ1) is 13.2. The van der Waals surface area contributed by atoms with Gasteiger partial charge in [-0.1, -0.05) is 39.5 Å². The van der Waals surface area contributed by atoms with Crippen LogP contribution in [0.4, 0.5) is 5.69 Å². The van der Waals surface area contributed by atoms with Crippen molar-refractivity contribution in [2.24, 2.45) is 0 Å². The van der Waals surface area contributed by atoms with Gasteiger partial charge in [0, 0.05) is 20.0 Å². The molecule has 1 aromatic heterocycles. The molecule has 1 aliphatic rings. The fourth-order valence-electron chi connectivity index (χ4n) is 2.40. The maximum atomic E-state index is 12.2. The van der Waals surface area contributed by atoms with Crippen LogP contribution in [0.25, 0.3) is 0 Å². The third-order valence-corrected chi connectivity index (χ3v) is 6.35. The summed E-state index contributed by atoms with van der Waals surface area (Å²) in [4.78, 5) is 14.5. The molecule has 1 aliphatic carbocycles. The number of nitrogens with one attached hydrogen (secondary N) is 1. The highest BCUT2D eigenvalue weighted by atomic mass is 79.9. The summed E-state index contributed by atoms with van der Waals surface area (Å²) >= 11 is 6.48. The molecule has 0 aliphatic heterocycles. The van der Waals surface area contributed by atoms with E-state index in [9.17, 15) is 4.79 Å². The molecular weight excluding hydrogens is 446 g/mol. The zero-order chi connectivity index (χ0) is 18.6. The van der Waals surface area contributed by atoms with E-state index in [2.05, 4.69) is 48.9 Å². The lowest BCUT2D eigenvalue weighted by Gasteiger charge is -2.07. The van der Waals surface area contributed by atoms with Gasteiger partial charge in [0.15, 0.2) is 0 Å². The number of halogens is 1. The minimum absolute atomic E-state index is 0.0707. The predicted molar refractivity (Wildman–Crippen MR) is 110 cm³/mol. The number of aromatic nitrogens is 4. The van der Waals surface area contributed by atoms with Crippen molar-refractivity contribution < 1.29 is 4.79 Å². The Balaban J connectivity index is 1.29. The molecule has 1 N–H and O–H groups in total. The van der Waals surface area contributed by atoms with Crippen LogP contribution < -0.4 is 5.32 Å². The van der Waals surface area contributed by atoms with Crippen molar-refractivity contribution in [1.82, 2.24) is 20.2 Å². The van der Waals surface area contributed by atoms with Crippen molar-refractivity contribution >= 4 is 51.0 Å². The standard InChI is InChI=1S/C18H16BrN5OS2/c19-12-1-7-15(8-2-12)27-16-9-3-13(4-10-16)20-17(25)11-26-18-21-22-23-24(18)14-5-6-14/h1-4,7-10,14H,5-6,11H2,(H,20,25). The van der Waals surface area contributed by atoms with Crippen molar-refractivity contribution in [3.8, 4) is 0 Å². The zero-order valence-electron chi connectivity index (χ0n) is 14.2. The lowest BCUT2D eigenvalue weighted by molar-refractivity contribution is -0.113. The lowest BCUT2D eigenvalue weighted by Crippen LogP contribution is -2.14. The summed E-state index contributed by atoms with van der Waals surface area (Å²) in [7, 11) is 0. The van der Waals surface area contributed by atoms with Gasteiger partial charge in [-0.05, 0) is 71.8 Å². The van der Waals surface area contributed by atoms with E-state index < -0.39 is 0 Å². The number of tetrazole rings is 1. The molecule has 3 aromatic rings. The van der Waals surface area contributed by atoms with E-state index in [1.807, 2.05) is 41.1 Å². The van der Waals surface area contributed by atoms with Crippen molar-refractivity contribution in [2.45, 2.75) is 33.8 Å². The van der Waals surface area contributed by atoms with E-state index in [0.29, 0.717) is 11.2 Å². The molecule has 0 saturated heterocycles. The molecule has 1 heterocycles. The molecule has 2 aromatic carbocycles. The van der Waals surface area contributed by atoms with Crippen molar-refractivity contribution in [2.75, 3.05) is 11.1 Å². The van der Waals surface area contributed by atoms with Crippen LogP contribution in [0.1, 0.15) is 18.9 Å². The molecule has 6 nitrogen and oxygen atoms in total. The van der Waals surface area contributed by atoms with E-state index in [1.54, 1.807) is 11.8 Å². The molecule has 0 atom stereocenters. The van der Waals surface area contributed by atoms with Gasteiger partial charge in [0.25, 0.3) is 0 Å². The maximum absolute atomic E-state index is 12.2. The number of nitrogens with zero attached hydrogens (tertiary/aromatic N) is 4. The third-order valence-electron chi connectivity index (χ3n) is 3.88. The Morgan fingerprint density at radius 3 is 2.44 bits per heavy atom. The molecule has 1 amide bonds. The molecule has 27 heavy (non-hydrogen) atoms. The van der Waals surface area contributed by atoms with Crippen LogP contribution in [0.3, 0.4) is 0 Å². The Morgan fingerprint density at radius 2 is 1.78 bits per heavy atom. The highest BCUT2D eigenvalue weighted by molar-refractivity contribution is 9.10. The molecule has 1 saturated carbocycles. The number of hydrogen-bond donors (Lipinski definition) is 1. The van der Waals surface area contributed by atoms with Gasteiger partial charge in [0.2, 0.25) is 11.1 Å². The topological polar surface area (TPSA) is 72.7 Å². The number of rotatable bonds is 7. The Labute approximate surface area is 173 Å². The summed E-state index contributed by atoms with van der Waals surface area (Å²) < 4.78 is 2.88. The summed E-state index contributed by atoms with van der Waals surface area (Å²) in [6, 6.07) is 16.4. The molecule has 0 unspecified atom stereocenters. The molecule has 0 radical (unpaired) electrons. The molecule has 1 fully saturated rings. The molecular formula is C18H16BrN5OS2. The number of anilines is 1. The predicted octanol–water partition coefficient (Wildman–Crippen LogP) is 4.65. The summed E-state index contributed by atoms with van der Waals surface area (Å²) in [6.45, 7) is 0. The van der Waals surface area contributed by atoms with Crippen LogP contribution in [0.15, 0.2) is 68.0 Å². The second-order valence-electron chi connectivity index (χ2n) is 6.05. The van der Waals surface area contributed by atoms with Gasteiger partial charge in [0.1, 0.15) is 0 Å². The zero-order valence-corrected chi connectivity index (χ0v) is 17.4. The number of hydrogen-bond acceptors (Lipinski definition) is 6. The van der Waals surface area contributed by atoms with Gasteiger partial charge in [0.05, 0.1) is 11.8 Å². The first-order valence-electron chi connectivity index (χ1n) is 8.41. The van der Waals surface area contributed by atoms with Gasteiger partial charge in [-0.15, -0.1) is 5.10 Å². The molecule has 9 heteroatoms. The second-order valence-corrected chi connectivity index (χ2v) is 9.06. The SMILES string of the molecule is O=C(CSc1nnnn1C1CC1)Nc1ccc(Sc2ccc(Br)cc2)cc1. The normalized spacial score (nSPS) is 13.5. The van der Waals surface area contributed by atoms with Gasteiger partial charge in [-0.2, -0.15) is 0 Å². The van der Waals surface area contributed by atoms with E-state index in [-0.39, 0.29) is 11.7 Å². The first-order valence-corrected chi connectivity index (χ1v) is 11.0. The van der Waals surface area contributed by atoms with Crippen LogP contribution >= 0.6 is 39.5 Å². The van der Waals surface area contributed by atoms with Gasteiger partial charge < -0.3 is 5.32 Å². The summed E-state index contributed by atoms with van der Waals surface area (Å²) in [5, 5.41) is 15.3. The molecule has 138 valence electrons. The minimum Gasteiger partial charge on any atom is -0.325 e. The average Bonchev–Trinajstić information content (AvgIpc) is 3.41. The number of thioether (sulfide) groups is 1. The molecule has 0 bridgehead atoms. The monoisotopic (exact) mass is 461 g/mol. The summed E-state index contributed by atoms with van der Waals surface area (Å²) in [5.74, 6) is 0.210. The maximum Gasteiger partial charge on any atom is 0.234 e. The summed E-state index contributed by atoms with van der Waals surface area (Å²) in [5.41, 5.74) is 0.780. The van der Waals surface area contributed by atoms with E-state index in [1.165, 1.54) is 16.7 Å². The van der Waals surface area contributed by atoms with Crippen LogP contribution in [-0.4, -0.2) is 31.9 Å². The molecule has 0 spiro atoms. The van der Waals surface area contributed by atoms with Crippen LogP contribution in [0.5, 0.6) is 0 Å². The van der Waals surface area contributed by atoms with Crippen LogP contribution in [0.2, 0.25) is 0 Å². The van der Waals surface area contributed by atoms with E-state index in [0.717, 1.165) is 27.9 Å². The minimum atomic E-state index is -0.0707. The van der Waals surface area contributed by atoms with Crippen LogP contribution in [0, 0.1) is 0 Å². The number of amides is 1. The highest BCUT2D eigenvalue weighted by Gasteiger charge is 2.28. The Morgan fingerprint density at radius 1 is 1.11 bits per heavy atom. The quantitative estimate of drug-likeness (QED) is 0.516. The van der Waals surface area contributed by atoms with Gasteiger partial charge in [-0.25, -0.2) is 4.68 Å². The third kappa shape index (κ3) is 5.12. The second kappa shape index (κ2) is 8.45. The van der Waals surface area contributed by atoms with Crippen molar-refractivity contribution in [3.05, 3.63) is 53.0 Å². The van der Waals surface area contributed by atoms with E-state index in [4.69, 9.17) is 0 Å². The number of carbonyl (C=O) groups excluding carboxylic acids is 1. The van der Waals surface area contributed by atoms with Crippen LogP contribution in [-0.2, 0) is 4.79 Å². The first kappa shape index (κ1) is 18.5. The fourth-order valence-corrected chi connectivity index (χ4v) is 4.23. The average molecular weight is 462 g/mol. The Kier molecular flexibility index (Phi) is 5.80. The number of benzene rings is 2. The Bertz CT molecular complexity index is 926. The molecule has 4 rings (SSSR count). The van der Waals surface area contributed by atoms with Crippen molar-refractivity contribution in [1.29, 1.82) is 0 Å². The lowest BCUT2D eigenvalue weighted by atomic mass is 10.3. The van der Waals surface area contributed by atoms with Gasteiger partial charge in [-0.3, -0.25) is 4.79 Å². The van der Waals surface area contributed by atoms with Gasteiger partial charge >= 0.3 is 0 Å². The largest absolute Gasteiger partial charge is 0.325 e. The summed E-state index contributed by atoms with van der Waals surface area (Å²) in [6.07, 6.45) is 2.21. The number of carbonyl (C=O) groups is 1. The highest BCUT2D eigenvalue weighted by Crippen LogP contribution is 2.36. The fraction of sp³-hybridized carbons (Fsp3) is 0.222. The van der Waals surface area contributed by atoms with E-state index >= 15 is 0 Å². The Hall–Kier alpha value is -1.84. The van der Waals surface area contributed by atoms with Crippen molar-refractivity contribution in [3.63, 3.8) is 0 Å². The smallest absolute Gasteiger partial charge is 0.234 e.